The van der Waals surface area contributed by atoms with Crippen LogP contribution < -0.4 is 0 Å². The van der Waals surface area contributed by atoms with Gasteiger partial charge in [0.25, 0.3) is 0 Å². The molecule has 3 heterocycles. The van der Waals surface area contributed by atoms with Crippen molar-refractivity contribution in [3.63, 3.8) is 0 Å². The van der Waals surface area contributed by atoms with E-state index < -0.39 is 0 Å². The second-order valence-corrected chi connectivity index (χ2v) is 6.84. The lowest BCUT2D eigenvalue weighted by molar-refractivity contribution is -0.144. The van der Waals surface area contributed by atoms with Crippen LogP contribution in [0.25, 0.3) is 0 Å². The Bertz CT molecular complexity index is 559. The predicted octanol–water partition coefficient (Wildman–Crippen LogP) is 1.31. The average molecular weight is 333 g/mol. The van der Waals surface area contributed by atoms with Crippen LogP contribution in [-0.2, 0) is 16.1 Å². The maximum Gasteiger partial charge on any atom is 0.222 e. The summed E-state index contributed by atoms with van der Waals surface area (Å²) in [5.41, 5.74) is 0. The van der Waals surface area contributed by atoms with E-state index in [1.54, 1.807) is 11.0 Å². The number of hydrogen-bond donors (Lipinski definition) is 0. The Morgan fingerprint density at radius 2 is 2.21 bits per heavy atom. The van der Waals surface area contributed by atoms with E-state index in [1.807, 2.05) is 4.90 Å². The summed E-state index contributed by atoms with van der Waals surface area (Å²) in [6.45, 7) is 5.28. The number of aryl methyl sites for hydroxylation is 1. The van der Waals surface area contributed by atoms with Gasteiger partial charge < -0.3 is 9.80 Å². The second-order valence-electron chi connectivity index (χ2n) is 6.84. The van der Waals surface area contributed by atoms with Gasteiger partial charge in [0.15, 0.2) is 0 Å². The van der Waals surface area contributed by atoms with Crippen LogP contribution in [0.2, 0.25) is 0 Å². The van der Waals surface area contributed by atoms with Crippen LogP contribution in [0.3, 0.4) is 0 Å². The minimum absolute atomic E-state index is 0.229. The maximum absolute atomic E-state index is 12.5. The van der Waals surface area contributed by atoms with E-state index >= 15 is 0 Å². The summed E-state index contributed by atoms with van der Waals surface area (Å²) in [7, 11) is 0. The second kappa shape index (κ2) is 7.77. The summed E-state index contributed by atoms with van der Waals surface area (Å²) in [5.74, 6) is 0.973. The molecule has 0 unspecified atom stereocenters. The number of aromatic nitrogens is 3. The highest BCUT2D eigenvalue weighted by molar-refractivity contribution is 5.78. The summed E-state index contributed by atoms with van der Waals surface area (Å²) >= 11 is 0. The summed E-state index contributed by atoms with van der Waals surface area (Å²) < 4.78 is 1.76. The molecule has 0 spiro atoms. The van der Waals surface area contributed by atoms with Crippen molar-refractivity contribution in [1.29, 1.82) is 0 Å². The van der Waals surface area contributed by atoms with Crippen LogP contribution in [0.1, 0.15) is 45.4 Å². The van der Waals surface area contributed by atoms with Gasteiger partial charge in [0.2, 0.25) is 11.8 Å². The first kappa shape index (κ1) is 16.9. The normalized spacial score (nSPS) is 24.1. The topological polar surface area (TPSA) is 71.3 Å². The van der Waals surface area contributed by atoms with Gasteiger partial charge in [-0.3, -0.25) is 14.3 Å². The smallest absolute Gasteiger partial charge is 0.222 e. The molecule has 2 aliphatic rings. The standard InChI is InChI=1S/C17H27N5O2/c1-2-8-22-15-7-10-20(11-14(15)5-6-17(22)24)16(23)4-3-9-21-13-18-12-19-21/h12-15H,2-11H2,1H3/t14-,15+/m0/s1. The molecule has 0 bridgehead atoms. The van der Waals surface area contributed by atoms with Crippen molar-refractivity contribution in [3.05, 3.63) is 12.7 Å². The minimum atomic E-state index is 0.229. The molecule has 3 rings (SSSR count). The molecule has 0 saturated carbocycles. The Balaban J connectivity index is 1.49. The van der Waals surface area contributed by atoms with E-state index in [0.717, 1.165) is 51.9 Å². The number of rotatable bonds is 6. The molecule has 0 aromatic carbocycles. The molecule has 2 saturated heterocycles. The zero-order valence-corrected chi connectivity index (χ0v) is 14.4. The van der Waals surface area contributed by atoms with E-state index in [1.165, 1.54) is 6.33 Å². The van der Waals surface area contributed by atoms with Gasteiger partial charge in [-0.25, -0.2) is 4.98 Å². The van der Waals surface area contributed by atoms with Gasteiger partial charge in [0.1, 0.15) is 12.7 Å². The number of likely N-dealkylation sites (tertiary alicyclic amines) is 2. The zero-order valence-electron chi connectivity index (χ0n) is 14.4. The van der Waals surface area contributed by atoms with Crippen LogP contribution in [0.5, 0.6) is 0 Å². The Kier molecular flexibility index (Phi) is 5.48. The SMILES string of the molecule is CCCN1C(=O)CC[C@H]2CN(C(=O)CCCn3cncn3)CC[C@H]21. The van der Waals surface area contributed by atoms with Gasteiger partial charge in [0, 0.05) is 45.1 Å². The molecule has 132 valence electrons. The van der Waals surface area contributed by atoms with Crippen molar-refractivity contribution in [2.75, 3.05) is 19.6 Å². The first-order valence-electron chi connectivity index (χ1n) is 9.08. The fourth-order valence-electron chi connectivity index (χ4n) is 4.01. The third kappa shape index (κ3) is 3.76. The summed E-state index contributed by atoms with van der Waals surface area (Å²) in [6, 6.07) is 0.338. The number of carbonyl (C=O) groups excluding carboxylic acids is 2. The molecule has 2 fully saturated rings. The van der Waals surface area contributed by atoms with Crippen LogP contribution in [-0.4, -0.2) is 62.1 Å². The lowest BCUT2D eigenvalue weighted by atomic mass is 9.83. The van der Waals surface area contributed by atoms with Crippen molar-refractivity contribution in [2.24, 2.45) is 5.92 Å². The molecule has 2 amide bonds. The first-order chi connectivity index (χ1) is 11.7. The molecule has 7 heteroatoms. The molecule has 24 heavy (non-hydrogen) atoms. The predicted molar refractivity (Wildman–Crippen MR) is 89.0 cm³/mol. The maximum atomic E-state index is 12.5. The lowest BCUT2D eigenvalue weighted by Gasteiger charge is -2.47. The Morgan fingerprint density at radius 3 is 2.96 bits per heavy atom. The van der Waals surface area contributed by atoms with Crippen LogP contribution >= 0.6 is 0 Å². The first-order valence-corrected chi connectivity index (χ1v) is 9.08. The number of hydrogen-bond acceptors (Lipinski definition) is 4. The number of fused-ring (bicyclic) bond motifs is 1. The molecular weight excluding hydrogens is 306 g/mol. The van der Waals surface area contributed by atoms with Crippen LogP contribution in [0.4, 0.5) is 0 Å². The van der Waals surface area contributed by atoms with Crippen LogP contribution in [0.15, 0.2) is 12.7 Å². The minimum Gasteiger partial charge on any atom is -0.342 e. The van der Waals surface area contributed by atoms with Crippen molar-refractivity contribution < 1.29 is 9.59 Å². The van der Waals surface area contributed by atoms with Crippen molar-refractivity contribution in [1.82, 2.24) is 24.6 Å². The highest BCUT2D eigenvalue weighted by Crippen LogP contribution is 2.31. The van der Waals surface area contributed by atoms with Crippen LogP contribution in [0, 0.1) is 5.92 Å². The number of carbonyl (C=O) groups is 2. The van der Waals surface area contributed by atoms with Gasteiger partial charge >= 0.3 is 0 Å². The van der Waals surface area contributed by atoms with E-state index in [9.17, 15) is 9.59 Å². The van der Waals surface area contributed by atoms with E-state index in [-0.39, 0.29) is 5.91 Å². The Morgan fingerprint density at radius 1 is 1.33 bits per heavy atom. The van der Waals surface area contributed by atoms with Gasteiger partial charge in [-0.2, -0.15) is 5.10 Å². The molecule has 1 aromatic rings. The highest BCUT2D eigenvalue weighted by Gasteiger charge is 2.39. The number of nitrogens with zero attached hydrogens (tertiary/aromatic N) is 5. The quantitative estimate of drug-likeness (QED) is 0.787. The van der Waals surface area contributed by atoms with Gasteiger partial charge in [-0.15, -0.1) is 0 Å². The molecule has 1 aromatic heterocycles. The van der Waals surface area contributed by atoms with Crippen molar-refractivity contribution in [2.45, 2.75) is 58.0 Å². The molecule has 0 N–H and O–H groups in total. The molecule has 0 aliphatic carbocycles. The molecule has 0 radical (unpaired) electrons. The Labute approximate surface area is 143 Å². The van der Waals surface area contributed by atoms with Gasteiger partial charge in [-0.1, -0.05) is 6.92 Å². The van der Waals surface area contributed by atoms with Gasteiger partial charge in [0.05, 0.1) is 0 Å². The largest absolute Gasteiger partial charge is 0.342 e. The van der Waals surface area contributed by atoms with Gasteiger partial charge in [-0.05, 0) is 31.6 Å². The summed E-state index contributed by atoms with van der Waals surface area (Å²) in [6.07, 6.45) is 8.01. The molecule has 7 nitrogen and oxygen atoms in total. The Hall–Kier alpha value is -1.92. The van der Waals surface area contributed by atoms with Crippen molar-refractivity contribution in [3.8, 4) is 0 Å². The number of amides is 2. The van der Waals surface area contributed by atoms with E-state index in [4.69, 9.17) is 0 Å². The third-order valence-corrected chi connectivity index (χ3v) is 5.21. The summed E-state index contributed by atoms with van der Waals surface area (Å²) in [4.78, 5) is 32.6. The molecule has 2 atom stereocenters. The average Bonchev–Trinajstić information content (AvgIpc) is 3.10. The summed E-state index contributed by atoms with van der Waals surface area (Å²) in [5, 5.41) is 4.06. The molecule has 2 aliphatic heterocycles. The monoisotopic (exact) mass is 333 g/mol. The fourth-order valence-corrected chi connectivity index (χ4v) is 4.01. The van der Waals surface area contributed by atoms with E-state index in [0.29, 0.717) is 30.7 Å². The third-order valence-electron chi connectivity index (χ3n) is 5.21. The number of piperidine rings is 2. The zero-order chi connectivity index (χ0) is 16.9. The highest BCUT2D eigenvalue weighted by atomic mass is 16.2. The lowest BCUT2D eigenvalue weighted by Crippen LogP contribution is -2.57. The van der Waals surface area contributed by atoms with Crippen molar-refractivity contribution >= 4 is 11.8 Å². The fraction of sp³-hybridized carbons (Fsp3) is 0.765. The van der Waals surface area contributed by atoms with E-state index in [2.05, 4.69) is 21.9 Å². The molecular formula is C17H27N5O2.